The molecular formula is C20H31N3O4. The maximum absolute atomic E-state index is 11.6. The maximum Gasteiger partial charge on any atom is 0.407 e. The number of pyridine rings is 1. The van der Waals surface area contributed by atoms with Crippen molar-refractivity contribution in [2.45, 2.75) is 72.3 Å². The fourth-order valence-electron chi connectivity index (χ4n) is 2.39. The van der Waals surface area contributed by atoms with Crippen LogP contribution in [0, 0.1) is 0 Å². The van der Waals surface area contributed by atoms with Crippen molar-refractivity contribution in [3.63, 3.8) is 0 Å². The first kappa shape index (κ1) is 22.6. The summed E-state index contributed by atoms with van der Waals surface area (Å²) in [5.74, 6) is 0.741. The van der Waals surface area contributed by atoms with E-state index < -0.39 is 11.7 Å². The summed E-state index contributed by atoms with van der Waals surface area (Å²) >= 11 is 0. The third-order valence-electron chi connectivity index (χ3n) is 3.59. The van der Waals surface area contributed by atoms with Crippen LogP contribution in [0.25, 0.3) is 0 Å². The van der Waals surface area contributed by atoms with Crippen molar-refractivity contribution < 1.29 is 19.1 Å². The van der Waals surface area contributed by atoms with Gasteiger partial charge in [0.2, 0.25) is 12.0 Å². The molecule has 0 aliphatic carbocycles. The molecule has 0 unspecified atom stereocenters. The highest BCUT2D eigenvalue weighted by Crippen LogP contribution is 2.35. The number of nitrogens with zero attached hydrogens (tertiary/aromatic N) is 2. The van der Waals surface area contributed by atoms with E-state index in [0.29, 0.717) is 36.8 Å². The molecule has 0 aliphatic heterocycles. The van der Waals surface area contributed by atoms with Crippen molar-refractivity contribution in [1.82, 2.24) is 10.3 Å². The van der Waals surface area contributed by atoms with Crippen molar-refractivity contribution in [2.24, 2.45) is 4.99 Å². The van der Waals surface area contributed by atoms with Gasteiger partial charge in [0.25, 0.3) is 0 Å². The molecule has 0 bridgehead atoms. The Bertz CT molecular complexity index is 658. The number of amides is 1. The van der Waals surface area contributed by atoms with Crippen molar-refractivity contribution >= 4 is 17.9 Å². The second-order valence-corrected chi connectivity index (χ2v) is 7.93. The molecule has 7 heteroatoms. The standard InChI is InChI=1S/C20H31N3O4/c1-13(2)15-11-16(23-17(14(3)4)18(15)22-12-24)26-10-8-9-21-19(25)27-20(5,6)7/h11,13-14H,8-10H2,1-7H3,(H,21,25). The number of hydrogen-bond donors (Lipinski definition) is 1. The summed E-state index contributed by atoms with van der Waals surface area (Å²) in [6.07, 6.45) is 1.79. The van der Waals surface area contributed by atoms with E-state index in [2.05, 4.69) is 15.3 Å². The van der Waals surface area contributed by atoms with Gasteiger partial charge < -0.3 is 14.8 Å². The van der Waals surface area contributed by atoms with Crippen LogP contribution in [-0.4, -0.2) is 35.9 Å². The van der Waals surface area contributed by atoms with Crippen LogP contribution in [0.4, 0.5) is 10.5 Å². The molecule has 0 aromatic carbocycles. The summed E-state index contributed by atoms with van der Waals surface area (Å²) in [5.41, 5.74) is 1.68. The molecule has 1 rings (SSSR count). The van der Waals surface area contributed by atoms with Gasteiger partial charge in [0.15, 0.2) is 0 Å². The monoisotopic (exact) mass is 377 g/mol. The van der Waals surface area contributed by atoms with Crippen LogP contribution in [0.15, 0.2) is 11.1 Å². The lowest BCUT2D eigenvalue weighted by molar-refractivity contribution is 0.0525. The number of carbonyl (C=O) groups excluding carboxylic acids is 2. The van der Waals surface area contributed by atoms with Gasteiger partial charge in [-0.15, -0.1) is 0 Å². The molecule has 0 atom stereocenters. The summed E-state index contributed by atoms with van der Waals surface area (Å²) in [4.78, 5) is 30.8. The first-order valence-corrected chi connectivity index (χ1v) is 9.27. The quantitative estimate of drug-likeness (QED) is 0.406. The van der Waals surface area contributed by atoms with Crippen LogP contribution in [0.1, 0.15) is 78.0 Å². The van der Waals surface area contributed by atoms with Crippen LogP contribution in [0.3, 0.4) is 0 Å². The largest absolute Gasteiger partial charge is 0.478 e. The average molecular weight is 377 g/mol. The normalized spacial score (nSPS) is 11.3. The second kappa shape index (κ2) is 10.1. The number of ether oxygens (including phenoxy) is 2. The Labute approximate surface area is 161 Å². The highest BCUT2D eigenvalue weighted by Gasteiger charge is 2.18. The SMILES string of the molecule is CC(C)c1cc(OCCCNC(=O)OC(C)(C)C)nc(C(C)C)c1N=C=O. The second-order valence-electron chi connectivity index (χ2n) is 7.93. The van der Waals surface area contributed by atoms with Crippen molar-refractivity contribution in [2.75, 3.05) is 13.2 Å². The van der Waals surface area contributed by atoms with Gasteiger partial charge in [-0.1, -0.05) is 27.7 Å². The molecule has 0 spiro atoms. The third-order valence-corrected chi connectivity index (χ3v) is 3.59. The number of rotatable bonds is 8. The van der Waals surface area contributed by atoms with Crippen LogP contribution < -0.4 is 10.1 Å². The zero-order chi connectivity index (χ0) is 20.6. The van der Waals surface area contributed by atoms with E-state index in [9.17, 15) is 9.59 Å². The Hall–Kier alpha value is -2.40. The predicted molar refractivity (Wildman–Crippen MR) is 105 cm³/mol. The fraction of sp³-hybridized carbons (Fsp3) is 0.650. The zero-order valence-electron chi connectivity index (χ0n) is 17.4. The summed E-state index contributed by atoms with van der Waals surface area (Å²) in [7, 11) is 0. The van der Waals surface area contributed by atoms with Gasteiger partial charge in [-0.05, 0) is 44.6 Å². The lowest BCUT2D eigenvalue weighted by Crippen LogP contribution is -2.33. The summed E-state index contributed by atoms with van der Waals surface area (Å²) in [6.45, 7) is 14.3. The van der Waals surface area contributed by atoms with Crippen LogP contribution in [-0.2, 0) is 9.53 Å². The number of carbonyl (C=O) groups is 1. The van der Waals surface area contributed by atoms with Crippen LogP contribution in [0.5, 0.6) is 5.88 Å². The molecule has 0 saturated carbocycles. The Morgan fingerprint density at radius 2 is 1.93 bits per heavy atom. The molecule has 1 amide bonds. The average Bonchev–Trinajstić information content (AvgIpc) is 2.53. The van der Waals surface area contributed by atoms with Crippen molar-refractivity contribution in [3.05, 3.63) is 17.3 Å². The summed E-state index contributed by atoms with van der Waals surface area (Å²) < 4.78 is 10.9. The first-order valence-electron chi connectivity index (χ1n) is 9.27. The lowest BCUT2D eigenvalue weighted by Gasteiger charge is -2.19. The molecule has 0 aliphatic rings. The summed E-state index contributed by atoms with van der Waals surface area (Å²) in [6, 6.07) is 1.81. The molecule has 7 nitrogen and oxygen atoms in total. The van der Waals surface area contributed by atoms with E-state index >= 15 is 0 Å². The van der Waals surface area contributed by atoms with Gasteiger partial charge in [-0.2, -0.15) is 4.99 Å². The van der Waals surface area contributed by atoms with E-state index in [0.717, 1.165) is 5.56 Å². The zero-order valence-corrected chi connectivity index (χ0v) is 17.4. The van der Waals surface area contributed by atoms with Gasteiger partial charge in [0.05, 0.1) is 12.3 Å². The number of nitrogens with one attached hydrogen (secondary N) is 1. The molecule has 0 saturated heterocycles. The molecule has 1 N–H and O–H groups in total. The van der Waals surface area contributed by atoms with E-state index in [1.807, 2.05) is 54.5 Å². The van der Waals surface area contributed by atoms with Crippen molar-refractivity contribution in [1.29, 1.82) is 0 Å². The molecule has 1 heterocycles. The molecule has 1 aromatic heterocycles. The molecular weight excluding hydrogens is 346 g/mol. The Morgan fingerprint density at radius 1 is 1.26 bits per heavy atom. The summed E-state index contributed by atoms with van der Waals surface area (Å²) in [5, 5.41) is 2.69. The molecule has 27 heavy (non-hydrogen) atoms. The molecule has 0 radical (unpaired) electrons. The minimum atomic E-state index is -0.517. The topological polar surface area (TPSA) is 89.9 Å². The van der Waals surface area contributed by atoms with Gasteiger partial charge in [-0.25, -0.2) is 14.6 Å². The Balaban J connectivity index is 2.73. The van der Waals surface area contributed by atoms with Gasteiger partial charge in [0, 0.05) is 12.6 Å². The first-order chi connectivity index (χ1) is 12.5. The molecule has 150 valence electrons. The van der Waals surface area contributed by atoms with E-state index in [4.69, 9.17) is 9.47 Å². The fourth-order valence-corrected chi connectivity index (χ4v) is 2.39. The maximum atomic E-state index is 11.6. The predicted octanol–water partition coefficient (Wildman–Crippen LogP) is 4.59. The van der Waals surface area contributed by atoms with E-state index in [1.165, 1.54) is 0 Å². The van der Waals surface area contributed by atoms with Gasteiger partial charge in [-0.3, -0.25) is 0 Å². The Kier molecular flexibility index (Phi) is 8.44. The molecule has 0 fully saturated rings. The highest BCUT2D eigenvalue weighted by molar-refractivity contribution is 5.67. The number of isocyanates is 1. The highest BCUT2D eigenvalue weighted by atomic mass is 16.6. The van der Waals surface area contributed by atoms with Crippen LogP contribution >= 0.6 is 0 Å². The third kappa shape index (κ3) is 7.79. The van der Waals surface area contributed by atoms with Crippen molar-refractivity contribution in [3.8, 4) is 5.88 Å². The number of aromatic nitrogens is 1. The minimum Gasteiger partial charge on any atom is -0.478 e. The minimum absolute atomic E-state index is 0.0898. The van der Waals surface area contributed by atoms with E-state index in [1.54, 1.807) is 6.08 Å². The van der Waals surface area contributed by atoms with Crippen LogP contribution in [0.2, 0.25) is 0 Å². The number of hydrogen-bond acceptors (Lipinski definition) is 6. The van der Waals surface area contributed by atoms with Gasteiger partial charge in [0.1, 0.15) is 11.3 Å². The van der Waals surface area contributed by atoms with Gasteiger partial charge >= 0.3 is 6.09 Å². The van der Waals surface area contributed by atoms with E-state index in [-0.39, 0.29) is 11.8 Å². The molecule has 1 aromatic rings. The Morgan fingerprint density at radius 3 is 2.44 bits per heavy atom. The lowest BCUT2D eigenvalue weighted by atomic mass is 9.97. The number of alkyl carbamates (subject to hydrolysis) is 1. The number of aliphatic imine (C=N–C) groups is 1. The smallest absolute Gasteiger partial charge is 0.407 e.